The van der Waals surface area contributed by atoms with E-state index in [1.54, 1.807) is 0 Å². The van der Waals surface area contributed by atoms with Gasteiger partial charge in [-0.3, -0.25) is 0 Å². The molecule has 0 spiro atoms. The van der Waals surface area contributed by atoms with Gasteiger partial charge in [0.2, 0.25) is 10.0 Å². The van der Waals surface area contributed by atoms with E-state index < -0.39 is 15.8 Å². The number of halogens is 1. The largest absolute Gasteiger partial charge is 0.494 e. The number of benzene rings is 1. The fourth-order valence-corrected chi connectivity index (χ4v) is 3.93. The van der Waals surface area contributed by atoms with Gasteiger partial charge in [0.05, 0.1) is 12.0 Å². The van der Waals surface area contributed by atoms with Crippen LogP contribution in [0.4, 0.5) is 4.39 Å². The first-order valence-electron chi connectivity index (χ1n) is 6.29. The molecule has 1 aromatic carbocycles. The summed E-state index contributed by atoms with van der Waals surface area (Å²) in [6, 6.07) is 3.75. The highest BCUT2D eigenvalue weighted by Gasteiger charge is 2.29. The lowest BCUT2D eigenvalue weighted by Gasteiger charge is -2.30. The van der Waals surface area contributed by atoms with Crippen molar-refractivity contribution in [2.24, 2.45) is 5.92 Å². The summed E-state index contributed by atoms with van der Waals surface area (Å²) in [5.41, 5.74) is 0. The Balaban J connectivity index is 2.31. The zero-order valence-electron chi connectivity index (χ0n) is 11.1. The first-order valence-corrected chi connectivity index (χ1v) is 7.73. The summed E-state index contributed by atoms with van der Waals surface area (Å²) >= 11 is 0. The fraction of sp³-hybridized carbons (Fsp3) is 0.538. The molecular formula is C13H18FNO3S. The van der Waals surface area contributed by atoms with E-state index in [0.29, 0.717) is 19.0 Å². The number of rotatable bonds is 3. The average molecular weight is 287 g/mol. The molecular weight excluding hydrogens is 269 g/mol. The van der Waals surface area contributed by atoms with Gasteiger partial charge in [-0.15, -0.1) is 0 Å². The monoisotopic (exact) mass is 287 g/mol. The van der Waals surface area contributed by atoms with Gasteiger partial charge in [-0.1, -0.05) is 6.92 Å². The minimum absolute atomic E-state index is 0.0140. The fourth-order valence-electron chi connectivity index (χ4n) is 2.32. The second-order valence-electron chi connectivity index (χ2n) is 4.91. The summed E-state index contributed by atoms with van der Waals surface area (Å²) in [7, 11) is -2.26. The van der Waals surface area contributed by atoms with Crippen LogP contribution in [0.25, 0.3) is 0 Å². The highest BCUT2D eigenvalue weighted by Crippen LogP contribution is 2.26. The second-order valence-corrected chi connectivity index (χ2v) is 6.84. The highest BCUT2D eigenvalue weighted by atomic mass is 32.2. The van der Waals surface area contributed by atoms with Crippen LogP contribution in [0.1, 0.15) is 19.8 Å². The maximum Gasteiger partial charge on any atom is 0.243 e. The molecule has 1 aromatic rings. The maximum absolute atomic E-state index is 13.6. The molecule has 0 amide bonds. The first kappa shape index (κ1) is 14.3. The predicted molar refractivity (Wildman–Crippen MR) is 70.1 cm³/mol. The van der Waals surface area contributed by atoms with Crippen molar-refractivity contribution in [1.82, 2.24) is 4.31 Å². The number of methoxy groups -OCH3 is 1. The van der Waals surface area contributed by atoms with E-state index in [9.17, 15) is 12.8 Å². The quantitative estimate of drug-likeness (QED) is 0.856. The lowest BCUT2D eigenvalue weighted by molar-refractivity contribution is 0.281. The molecule has 4 nitrogen and oxygen atoms in total. The minimum Gasteiger partial charge on any atom is -0.494 e. The van der Waals surface area contributed by atoms with Crippen LogP contribution in [0, 0.1) is 11.7 Å². The molecule has 6 heteroatoms. The van der Waals surface area contributed by atoms with Crippen molar-refractivity contribution in [1.29, 1.82) is 0 Å². The Morgan fingerprint density at radius 1 is 1.42 bits per heavy atom. The number of sulfonamides is 1. The Morgan fingerprint density at radius 2 is 2.16 bits per heavy atom. The molecule has 0 aromatic heterocycles. The van der Waals surface area contributed by atoms with Gasteiger partial charge in [-0.2, -0.15) is 4.31 Å². The number of hydrogen-bond acceptors (Lipinski definition) is 3. The van der Waals surface area contributed by atoms with Gasteiger partial charge in [0.25, 0.3) is 0 Å². The van der Waals surface area contributed by atoms with E-state index in [0.717, 1.165) is 18.9 Å². The molecule has 0 bridgehead atoms. The molecule has 1 aliphatic heterocycles. The zero-order valence-corrected chi connectivity index (χ0v) is 11.9. The molecule has 2 rings (SSSR count). The summed E-state index contributed by atoms with van der Waals surface area (Å²) in [5, 5.41) is 0. The van der Waals surface area contributed by atoms with Crippen LogP contribution < -0.4 is 4.74 Å². The van der Waals surface area contributed by atoms with Crippen LogP contribution in [0.15, 0.2) is 23.1 Å². The van der Waals surface area contributed by atoms with Crippen molar-refractivity contribution in [2.75, 3.05) is 20.2 Å². The van der Waals surface area contributed by atoms with Gasteiger partial charge >= 0.3 is 0 Å². The summed E-state index contributed by atoms with van der Waals surface area (Å²) in [5.74, 6) is -0.272. The lowest BCUT2D eigenvalue weighted by Crippen LogP contribution is -2.39. The molecule has 1 aliphatic rings. The van der Waals surface area contributed by atoms with Crippen molar-refractivity contribution in [3.05, 3.63) is 24.0 Å². The zero-order chi connectivity index (χ0) is 14.0. The standard InChI is InChI=1S/C13H18FNO3S/c1-10-4-3-7-15(9-10)19(16,17)11-5-6-13(18-2)12(14)8-11/h5-6,8,10H,3-4,7,9H2,1-2H3. The SMILES string of the molecule is COc1ccc(S(=O)(=O)N2CCCC(C)C2)cc1F. The van der Waals surface area contributed by atoms with Gasteiger partial charge in [-0.25, -0.2) is 12.8 Å². The predicted octanol–water partition coefficient (Wildman–Crippen LogP) is 2.25. The van der Waals surface area contributed by atoms with Crippen LogP contribution in [-0.4, -0.2) is 32.9 Å². The molecule has 1 heterocycles. The topological polar surface area (TPSA) is 46.6 Å². The summed E-state index contributed by atoms with van der Waals surface area (Å²) < 4.78 is 44.6. The molecule has 1 atom stereocenters. The summed E-state index contributed by atoms with van der Waals surface area (Å²) in [4.78, 5) is -0.0140. The Kier molecular flexibility index (Phi) is 4.10. The number of piperidine rings is 1. The Hall–Kier alpha value is -1.14. The minimum atomic E-state index is -3.60. The molecule has 0 saturated carbocycles. The van der Waals surface area contributed by atoms with Crippen molar-refractivity contribution in [3.8, 4) is 5.75 Å². The van der Waals surface area contributed by atoms with Crippen LogP contribution >= 0.6 is 0 Å². The van der Waals surface area contributed by atoms with Crippen molar-refractivity contribution < 1.29 is 17.5 Å². The van der Waals surface area contributed by atoms with Crippen LogP contribution in [0.3, 0.4) is 0 Å². The smallest absolute Gasteiger partial charge is 0.243 e. The highest BCUT2D eigenvalue weighted by molar-refractivity contribution is 7.89. The van der Waals surface area contributed by atoms with Crippen LogP contribution in [-0.2, 0) is 10.0 Å². The van der Waals surface area contributed by atoms with Crippen molar-refractivity contribution >= 4 is 10.0 Å². The molecule has 1 unspecified atom stereocenters. The van der Waals surface area contributed by atoms with E-state index in [-0.39, 0.29) is 10.6 Å². The van der Waals surface area contributed by atoms with Gasteiger partial charge < -0.3 is 4.74 Å². The number of nitrogens with zero attached hydrogens (tertiary/aromatic N) is 1. The molecule has 0 radical (unpaired) electrons. The Bertz CT molecular complexity index is 559. The third-order valence-corrected chi connectivity index (χ3v) is 5.24. The molecule has 0 N–H and O–H groups in total. The first-order chi connectivity index (χ1) is 8.95. The van der Waals surface area contributed by atoms with Gasteiger partial charge in [0.15, 0.2) is 11.6 Å². The second kappa shape index (κ2) is 5.46. The Morgan fingerprint density at radius 3 is 2.74 bits per heavy atom. The third kappa shape index (κ3) is 2.90. The molecule has 0 aliphatic carbocycles. The van der Waals surface area contributed by atoms with E-state index in [4.69, 9.17) is 4.74 Å². The van der Waals surface area contributed by atoms with E-state index >= 15 is 0 Å². The lowest BCUT2D eigenvalue weighted by atomic mass is 10.0. The summed E-state index contributed by atoms with van der Waals surface area (Å²) in [6.45, 7) is 3.02. The maximum atomic E-state index is 13.6. The average Bonchev–Trinajstić information content (AvgIpc) is 2.38. The Labute approximate surface area is 113 Å². The van der Waals surface area contributed by atoms with Crippen LogP contribution in [0.5, 0.6) is 5.75 Å². The number of ether oxygens (including phenoxy) is 1. The summed E-state index contributed by atoms with van der Waals surface area (Å²) in [6.07, 6.45) is 1.88. The van der Waals surface area contributed by atoms with Crippen molar-refractivity contribution in [3.63, 3.8) is 0 Å². The van der Waals surface area contributed by atoms with Crippen LogP contribution in [0.2, 0.25) is 0 Å². The molecule has 1 saturated heterocycles. The molecule has 19 heavy (non-hydrogen) atoms. The van der Waals surface area contributed by atoms with Crippen molar-refractivity contribution in [2.45, 2.75) is 24.7 Å². The van der Waals surface area contributed by atoms with Gasteiger partial charge in [-0.05, 0) is 37.0 Å². The number of hydrogen-bond donors (Lipinski definition) is 0. The van der Waals surface area contributed by atoms with E-state index in [2.05, 4.69) is 0 Å². The normalized spacial score (nSPS) is 21.3. The van der Waals surface area contributed by atoms with E-state index in [1.165, 1.54) is 23.5 Å². The molecule has 1 fully saturated rings. The van der Waals surface area contributed by atoms with Gasteiger partial charge in [0.1, 0.15) is 0 Å². The molecule has 106 valence electrons. The third-order valence-electron chi connectivity index (χ3n) is 3.38. The van der Waals surface area contributed by atoms with E-state index in [1.807, 2.05) is 6.92 Å². The van der Waals surface area contributed by atoms with Gasteiger partial charge in [0, 0.05) is 13.1 Å².